The van der Waals surface area contributed by atoms with Crippen molar-refractivity contribution in [3.8, 4) is 5.75 Å². The number of hydrogen-bond donors (Lipinski definition) is 2. The van der Waals surface area contributed by atoms with E-state index in [-0.39, 0.29) is 0 Å². The predicted octanol–water partition coefficient (Wildman–Crippen LogP) is 2.02. The molecule has 0 radical (unpaired) electrons. The van der Waals surface area contributed by atoms with Gasteiger partial charge in [0.2, 0.25) is 0 Å². The summed E-state index contributed by atoms with van der Waals surface area (Å²) < 4.78 is 6.82. The van der Waals surface area contributed by atoms with Crippen molar-refractivity contribution >= 4 is 26.7 Å². The molecule has 2 N–H and O–H groups in total. The van der Waals surface area contributed by atoms with Gasteiger partial charge in [0.1, 0.15) is 25.0 Å². The Labute approximate surface area is 133 Å². The van der Waals surface area contributed by atoms with Gasteiger partial charge in [-0.2, -0.15) is 0 Å². The Morgan fingerprint density at radius 2 is 1.81 bits per heavy atom. The Kier molecular flexibility index (Phi) is 4.78. The minimum absolute atomic E-state index is 0.367. The van der Waals surface area contributed by atoms with Crippen LogP contribution >= 0.6 is 15.9 Å². The number of likely N-dealkylation sites (tertiary alicyclic amines) is 1. The van der Waals surface area contributed by atoms with Crippen molar-refractivity contribution in [3.63, 3.8) is 0 Å². The number of rotatable bonds is 5. The molecule has 21 heavy (non-hydrogen) atoms. The largest absolute Gasteiger partial charge is 0.491 e. The molecule has 112 valence electrons. The summed E-state index contributed by atoms with van der Waals surface area (Å²) in [4.78, 5) is 1.49. The Morgan fingerprint density at radius 3 is 2.62 bits per heavy atom. The molecule has 0 bridgehead atoms. The van der Waals surface area contributed by atoms with Gasteiger partial charge in [-0.25, -0.2) is 0 Å². The molecule has 0 amide bonds. The number of aliphatic hydroxyl groups excluding tert-OH is 1. The van der Waals surface area contributed by atoms with Crippen molar-refractivity contribution in [2.75, 3.05) is 26.2 Å². The van der Waals surface area contributed by atoms with Crippen molar-refractivity contribution < 1.29 is 14.7 Å². The van der Waals surface area contributed by atoms with Crippen LogP contribution in [0.3, 0.4) is 0 Å². The maximum absolute atomic E-state index is 10.1. The second kappa shape index (κ2) is 6.77. The smallest absolute Gasteiger partial charge is 0.137 e. The Bertz CT molecular complexity index is 611. The molecule has 0 spiro atoms. The molecule has 1 aliphatic rings. The zero-order valence-corrected chi connectivity index (χ0v) is 13.6. The molecule has 1 heterocycles. The predicted molar refractivity (Wildman–Crippen MR) is 87.9 cm³/mol. The highest BCUT2D eigenvalue weighted by Crippen LogP contribution is 2.24. The standard InChI is InChI=1S/C17H20BrNO2/c18-15-5-3-14-10-17(6-4-13(14)9-15)21-12-16(20)11-19-7-1-2-8-19/h3-6,9-10,16,20H,1-2,7-8,11-12H2/p+1/t16-/m1/s1. The third kappa shape index (κ3) is 3.96. The number of nitrogens with one attached hydrogen (secondary N) is 1. The molecule has 0 unspecified atom stereocenters. The normalized spacial score (nSPS) is 17.2. The van der Waals surface area contributed by atoms with Gasteiger partial charge in [-0.1, -0.05) is 28.1 Å². The number of halogens is 1. The maximum atomic E-state index is 10.1. The summed E-state index contributed by atoms with van der Waals surface area (Å²) in [6, 6.07) is 12.2. The van der Waals surface area contributed by atoms with Crippen molar-refractivity contribution in [2.45, 2.75) is 18.9 Å². The molecule has 0 aliphatic carbocycles. The van der Waals surface area contributed by atoms with Gasteiger partial charge in [-0.15, -0.1) is 0 Å². The van der Waals surface area contributed by atoms with Crippen LogP contribution in [0.15, 0.2) is 40.9 Å². The Morgan fingerprint density at radius 1 is 1.10 bits per heavy atom. The van der Waals surface area contributed by atoms with Gasteiger partial charge in [-0.05, 0) is 35.0 Å². The topological polar surface area (TPSA) is 33.9 Å². The summed E-state index contributed by atoms with van der Waals surface area (Å²) >= 11 is 3.48. The minimum atomic E-state index is -0.390. The zero-order valence-electron chi connectivity index (χ0n) is 12.0. The zero-order chi connectivity index (χ0) is 14.7. The fourth-order valence-electron chi connectivity index (χ4n) is 2.95. The molecule has 0 aromatic heterocycles. The SMILES string of the molecule is O[C@@H](COc1ccc2cc(Br)ccc2c1)C[NH+]1CCCC1. The second-order valence-electron chi connectivity index (χ2n) is 5.78. The quantitative estimate of drug-likeness (QED) is 0.864. The molecule has 3 nitrogen and oxygen atoms in total. The van der Waals surface area contributed by atoms with E-state index in [1.54, 1.807) is 0 Å². The van der Waals surface area contributed by atoms with Crippen molar-refractivity contribution in [3.05, 3.63) is 40.9 Å². The van der Waals surface area contributed by atoms with Gasteiger partial charge in [0.15, 0.2) is 0 Å². The highest BCUT2D eigenvalue weighted by Gasteiger charge is 2.19. The van der Waals surface area contributed by atoms with E-state index in [0.29, 0.717) is 6.61 Å². The highest BCUT2D eigenvalue weighted by atomic mass is 79.9. The number of quaternary nitrogens is 1. The van der Waals surface area contributed by atoms with Crippen LogP contribution < -0.4 is 9.64 Å². The first-order valence-electron chi connectivity index (χ1n) is 7.54. The number of fused-ring (bicyclic) bond motifs is 1. The summed E-state index contributed by atoms with van der Waals surface area (Å²) in [6.07, 6.45) is 2.17. The molecule has 4 heteroatoms. The first-order valence-corrected chi connectivity index (χ1v) is 8.34. The monoisotopic (exact) mass is 350 g/mol. The van der Waals surface area contributed by atoms with E-state index < -0.39 is 6.10 Å². The maximum Gasteiger partial charge on any atom is 0.137 e. The van der Waals surface area contributed by atoms with E-state index in [9.17, 15) is 5.11 Å². The van der Waals surface area contributed by atoms with Gasteiger partial charge in [-0.3, -0.25) is 0 Å². The van der Waals surface area contributed by atoms with Gasteiger partial charge < -0.3 is 14.7 Å². The molecule has 1 aliphatic heterocycles. The highest BCUT2D eigenvalue weighted by molar-refractivity contribution is 9.10. The molecule has 1 atom stereocenters. The van der Waals surface area contributed by atoms with Crippen molar-refractivity contribution in [1.29, 1.82) is 0 Å². The molecule has 2 aromatic carbocycles. The second-order valence-corrected chi connectivity index (χ2v) is 6.70. The number of aliphatic hydroxyl groups is 1. The van der Waals surface area contributed by atoms with E-state index >= 15 is 0 Å². The fraction of sp³-hybridized carbons (Fsp3) is 0.412. The molecule has 2 aromatic rings. The van der Waals surface area contributed by atoms with Crippen LogP contribution in [0.2, 0.25) is 0 Å². The third-order valence-electron chi connectivity index (χ3n) is 4.05. The van der Waals surface area contributed by atoms with E-state index in [1.807, 2.05) is 24.3 Å². The lowest BCUT2D eigenvalue weighted by Crippen LogP contribution is -3.11. The van der Waals surface area contributed by atoms with Crippen LogP contribution in [0, 0.1) is 0 Å². The Balaban J connectivity index is 1.58. The lowest BCUT2D eigenvalue weighted by molar-refractivity contribution is -0.890. The summed E-state index contributed by atoms with van der Waals surface area (Å²) in [6.45, 7) is 3.52. The summed E-state index contributed by atoms with van der Waals surface area (Å²) in [5.41, 5.74) is 0. The number of ether oxygens (including phenoxy) is 1. The number of hydrogen-bond acceptors (Lipinski definition) is 2. The minimum Gasteiger partial charge on any atom is -0.491 e. The summed E-state index contributed by atoms with van der Waals surface area (Å²) in [5.74, 6) is 0.820. The molecular weight excluding hydrogens is 330 g/mol. The van der Waals surface area contributed by atoms with Gasteiger partial charge in [0, 0.05) is 17.3 Å². The van der Waals surface area contributed by atoms with Crippen LogP contribution in [-0.4, -0.2) is 37.5 Å². The fourth-order valence-corrected chi connectivity index (χ4v) is 3.33. The third-order valence-corrected chi connectivity index (χ3v) is 4.54. The summed E-state index contributed by atoms with van der Waals surface area (Å²) in [7, 11) is 0. The van der Waals surface area contributed by atoms with Crippen LogP contribution in [-0.2, 0) is 0 Å². The van der Waals surface area contributed by atoms with Crippen LogP contribution in [0.25, 0.3) is 10.8 Å². The van der Waals surface area contributed by atoms with Gasteiger partial charge in [0.05, 0.1) is 13.1 Å². The van der Waals surface area contributed by atoms with Crippen LogP contribution in [0.1, 0.15) is 12.8 Å². The summed E-state index contributed by atoms with van der Waals surface area (Å²) in [5, 5.41) is 12.4. The van der Waals surface area contributed by atoms with E-state index in [4.69, 9.17) is 4.74 Å². The van der Waals surface area contributed by atoms with Gasteiger partial charge >= 0.3 is 0 Å². The average molecular weight is 351 g/mol. The van der Waals surface area contributed by atoms with Crippen LogP contribution in [0.4, 0.5) is 0 Å². The van der Waals surface area contributed by atoms with E-state index in [1.165, 1.54) is 36.2 Å². The number of benzene rings is 2. The first kappa shape index (κ1) is 14.8. The van der Waals surface area contributed by atoms with Gasteiger partial charge in [0.25, 0.3) is 0 Å². The van der Waals surface area contributed by atoms with Crippen molar-refractivity contribution in [2.24, 2.45) is 0 Å². The lowest BCUT2D eigenvalue weighted by atomic mass is 10.1. The molecule has 3 rings (SSSR count). The van der Waals surface area contributed by atoms with Crippen LogP contribution in [0.5, 0.6) is 5.75 Å². The van der Waals surface area contributed by atoms with E-state index in [2.05, 4.69) is 28.1 Å². The first-order chi connectivity index (χ1) is 10.2. The molecule has 1 fully saturated rings. The Hall–Kier alpha value is -1.10. The molecule has 1 saturated heterocycles. The average Bonchev–Trinajstić information content (AvgIpc) is 2.98. The lowest BCUT2D eigenvalue weighted by Gasteiger charge is -2.17. The molecular formula is C17H21BrNO2+. The van der Waals surface area contributed by atoms with E-state index in [0.717, 1.165) is 22.2 Å². The molecule has 0 saturated carbocycles. The van der Waals surface area contributed by atoms with Crippen molar-refractivity contribution in [1.82, 2.24) is 0 Å².